The third kappa shape index (κ3) is 4.47. The molecular formula is C29H28BrCl2N3O3. The van der Waals surface area contributed by atoms with Gasteiger partial charge in [-0.3, -0.25) is 9.59 Å². The zero-order valence-corrected chi connectivity index (χ0v) is 23.7. The minimum Gasteiger partial charge on any atom is -0.490 e. The molecule has 3 heterocycles. The van der Waals surface area contributed by atoms with Crippen molar-refractivity contribution in [3.05, 3.63) is 80.3 Å². The Labute approximate surface area is 240 Å². The van der Waals surface area contributed by atoms with Gasteiger partial charge in [0.2, 0.25) is 11.8 Å². The number of fused-ring (bicyclic) bond motifs is 2. The van der Waals surface area contributed by atoms with Crippen molar-refractivity contribution >= 4 is 56.6 Å². The molecule has 1 spiro atoms. The van der Waals surface area contributed by atoms with Crippen LogP contribution < -0.4 is 20.7 Å². The number of halogens is 3. The van der Waals surface area contributed by atoms with Crippen LogP contribution in [0.2, 0.25) is 5.02 Å². The summed E-state index contributed by atoms with van der Waals surface area (Å²) in [6, 6.07) is 10.7. The number of hydrogen-bond acceptors (Lipinski definition) is 4. The summed E-state index contributed by atoms with van der Waals surface area (Å²) in [7, 11) is 0. The molecule has 3 N–H and O–H groups in total. The molecule has 2 aromatic carbocycles. The Hall–Kier alpha value is -2.32. The van der Waals surface area contributed by atoms with E-state index in [4.69, 9.17) is 27.9 Å². The Balaban J connectivity index is 1.54. The first kappa shape index (κ1) is 25.9. The fraction of sp³-hybridized carbons (Fsp3) is 0.379. The molecule has 4 aliphatic rings. The van der Waals surface area contributed by atoms with Crippen molar-refractivity contribution in [1.29, 1.82) is 0 Å². The summed E-state index contributed by atoms with van der Waals surface area (Å²) < 4.78 is 7.41. The normalized spacial score (nSPS) is 29.0. The maximum atomic E-state index is 14.3. The molecule has 1 unspecified atom stereocenters. The monoisotopic (exact) mass is 615 g/mol. The fourth-order valence-electron chi connectivity index (χ4n) is 6.59. The van der Waals surface area contributed by atoms with Crippen LogP contribution >= 0.6 is 39.1 Å². The van der Waals surface area contributed by atoms with Crippen LogP contribution in [-0.4, -0.2) is 31.0 Å². The standard InChI is InChI=1S/C29H28BrCl2N3O3/c30-17-4-7-25(38-20-8-10-33-11-9-20)21(13-17)27-29(22-6-5-19(32)14-24(22)34-28(29)37)23(15-26(36)35-27)16-2-1-3-18(31)12-16/h1-7,13-14,16,20,23,27,33H,8-12,15H2,(H,34,37)(H,35,36)/t16?,23-,27+,29-/m0/s1. The molecule has 2 saturated heterocycles. The van der Waals surface area contributed by atoms with E-state index in [-0.39, 0.29) is 36.2 Å². The van der Waals surface area contributed by atoms with Crippen molar-refractivity contribution in [2.24, 2.45) is 11.8 Å². The van der Waals surface area contributed by atoms with E-state index in [2.05, 4.69) is 38.0 Å². The molecule has 4 atom stereocenters. The highest BCUT2D eigenvalue weighted by atomic mass is 79.9. The Kier molecular flexibility index (Phi) is 7.06. The van der Waals surface area contributed by atoms with E-state index in [1.165, 1.54) is 0 Å². The lowest BCUT2D eigenvalue weighted by Crippen LogP contribution is -2.59. The Morgan fingerprint density at radius 2 is 1.84 bits per heavy atom. The van der Waals surface area contributed by atoms with Gasteiger partial charge in [-0.05, 0) is 86.2 Å². The molecule has 0 bridgehead atoms. The zero-order valence-electron chi connectivity index (χ0n) is 20.6. The van der Waals surface area contributed by atoms with Crippen molar-refractivity contribution < 1.29 is 14.3 Å². The molecule has 0 radical (unpaired) electrons. The summed E-state index contributed by atoms with van der Waals surface area (Å²) in [4.78, 5) is 27.7. The van der Waals surface area contributed by atoms with E-state index in [0.717, 1.165) is 41.5 Å². The van der Waals surface area contributed by atoms with Crippen molar-refractivity contribution in [2.45, 2.75) is 43.2 Å². The molecule has 2 aromatic rings. The molecule has 38 heavy (non-hydrogen) atoms. The van der Waals surface area contributed by atoms with E-state index in [1.54, 1.807) is 6.07 Å². The number of piperidine rings is 2. The zero-order chi connectivity index (χ0) is 26.4. The molecule has 6 rings (SSSR count). The minimum atomic E-state index is -1.09. The predicted octanol–water partition coefficient (Wildman–Crippen LogP) is 6.00. The summed E-state index contributed by atoms with van der Waals surface area (Å²) in [6.07, 6.45) is 8.46. The number of benzene rings is 2. The number of allylic oxidation sites excluding steroid dienone is 4. The summed E-state index contributed by atoms with van der Waals surface area (Å²) in [5.41, 5.74) is 1.18. The number of anilines is 1. The lowest BCUT2D eigenvalue weighted by atomic mass is 9.57. The number of carbonyl (C=O) groups excluding carboxylic acids is 2. The van der Waals surface area contributed by atoms with Crippen LogP contribution in [0.4, 0.5) is 5.69 Å². The lowest BCUT2D eigenvalue weighted by Gasteiger charge is -2.49. The molecule has 6 nitrogen and oxygen atoms in total. The van der Waals surface area contributed by atoms with E-state index in [1.807, 2.05) is 42.5 Å². The lowest BCUT2D eigenvalue weighted by molar-refractivity contribution is -0.135. The third-order valence-corrected chi connectivity index (χ3v) is 9.26. The maximum Gasteiger partial charge on any atom is 0.237 e. The van der Waals surface area contributed by atoms with Crippen molar-refractivity contribution in [3.8, 4) is 5.75 Å². The first-order valence-electron chi connectivity index (χ1n) is 13.0. The van der Waals surface area contributed by atoms with Gasteiger partial charge in [0.05, 0.1) is 6.04 Å². The quantitative estimate of drug-likeness (QED) is 0.394. The van der Waals surface area contributed by atoms with Gasteiger partial charge in [-0.25, -0.2) is 0 Å². The topological polar surface area (TPSA) is 79.5 Å². The van der Waals surface area contributed by atoms with Gasteiger partial charge >= 0.3 is 0 Å². The highest BCUT2D eigenvalue weighted by molar-refractivity contribution is 9.10. The number of rotatable bonds is 4. The highest BCUT2D eigenvalue weighted by Gasteiger charge is 2.62. The van der Waals surface area contributed by atoms with Crippen LogP contribution in [-0.2, 0) is 15.0 Å². The van der Waals surface area contributed by atoms with E-state index in [0.29, 0.717) is 27.9 Å². The molecule has 2 fully saturated rings. The van der Waals surface area contributed by atoms with Crippen LogP contribution in [0.25, 0.3) is 0 Å². The van der Waals surface area contributed by atoms with Gasteiger partial charge in [0, 0.05) is 32.2 Å². The van der Waals surface area contributed by atoms with Crippen molar-refractivity contribution in [3.63, 3.8) is 0 Å². The van der Waals surface area contributed by atoms with Crippen LogP contribution in [0.3, 0.4) is 0 Å². The van der Waals surface area contributed by atoms with Gasteiger partial charge in [0.15, 0.2) is 0 Å². The second-order valence-corrected chi connectivity index (χ2v) is 12.3. The third-order valence-electron chi connectivity index (χ3n) is 8.25. The summed E-state index contributed by atoms with van der Waals surface area (Å²) in [6.45, 7) is 1.78. The van der Waals surface area contributed by atoms with E-state index < -0.39 is 11.5 Å². The average molecular weight is 617 g/mol. The number of hydrogen-bond donors (Lipinski definition) is 3. The Bertz CT molecular complexity index is 1360. The largest absolute Gasteiger partial charge is 0.490 e. The van der Waals surface area contributed by atoms with Gasteiger partial charge in [-0.2, -0.15) is 0 Å². The van der Waals surface area contributed by atoms with Gasteiger partial charge < -0.3 is 20.7 Å². The fourth-order valence-corrected chi connectivity index (χ4v) is 7.39. The highest BCUT2D eigenvalue weighted by Crippen LogP contribution is 2.58. The molecular weight excluding hydrogens is 589 g/mol. The smallest absolute Gasteiger partial charge is 0.237 e. The molecule has 198 valence electrons. The molecule has 2 amide bonds. The van der Waals surface area contributed by atoms with Crippen molar-refractivity contribution in [2.75, 3.05) is 18.4 Å². The van der Waals surface area contributed by atoms with Crippen LogP contribution in [0.1, 0.15) is 42.9 Å². The average Bonchev–Trinajstić information content (AvgIpc) is 3.18. The van der Waals surface area contributed by atoms with Crippen molar-refractivity contribution in [1.82, 2.24) is 10.6 Å². The maximum absolute atomic E-state index is 14.3. The Morgan fingerprint density at radius 1 is 1.03 bits per heavy atom. The van der Waals surface area contributed by atoms with Gasteiger partial charge in [-0.1, -0.05) is 57.4 Å². The van der Waals surface area contributed by atoms with Crippen LogP contribution in [0, 0.1) is 11.8 Å². The molecule has 3 aliphatic heterocycles. The Morgan fingerprint density at radius 3 is 2.63 bits per heavy atom. The predicted molar refractivity (Wildman–Crippen MR) is 153 cm³/mol. The van der Waals surface area contributed by atoms with Gasteiger partial charge in [0.1, 0.15) is 17.3 Å². The van der Waals surface area contributed by atoms with E-state index in [9.17, 15) is 9.59 Å². The minimum absolute atomic E-state index is 0.0518. The molecule has 9 heteroatoms. The van der Waals surface area contributed by atoms with Gasteiger partial charge in [-0.15, -0.1) is 0 Å². The first-order chi connectivity index (χ1) is 18.4. The second-order valence-electron chi connectivity index (χ2n) is 10.4. The SMILES string of the molecule is O=C1C[C@@H](C2C=CC=C(Cl)C2)[C@]2(C(=O)Nc3cc(Cl)ccc32)[C@@H](c2cc(Br)ccc2OC2CCNCC2)N1. The molecule has 0 aromatic heterocycles. The number of carbonyl (C=O) groups is 2. The summed E-state index contributed by atoms with van der Waals surface area (Å²) in [5.74, 6) is -0.0236. The van der Waals surface area contributed by atoms with E-state index >= 15 is 0 Å². The molecule has 1 aliphatic carbocycles. The second kappa shape index (κ2) is 10.3. The summed E-state index contributed by atoms with van der Waals surface area (Å²) in [5, 5.41) is 10.9. The first-order valence-corrected chi connectivity index (χ1v) is 14.5. The number of ether oxygens (including phenoxy) is 1. The van der Waals surface area contributed by atoms with Crippen LogP contribution in [0.15, 0.2) is 64.1 Å². The van der Waals surface area contributed by atoms with Gasteiger partial charge in [0.25, 0.3) is 0 Å². The van der Waals surface area contributed by atoms with Crippen LogP contribution in [0.5, 0.6) is 5.75 Å². The molecule has 0 saturated carbocycles. The number of nitrogens with one attached hydrogen (secondary N) is 3. The number of amides is 2. The summed E-state index contributed by atoms with van der Waals surface area (Å²) >= 11 is 16.5.